The smallest absolute Gasteiger partial charge is 0.239 e. The number of pyridine rings is 1. The van der Waals surface area contributed by atoms with Crippen molar-refractivity contribution in [2.45, 2.75) is 0 Å². The maximum Gasteiger partial charge on any atom is 0.239 e. The number of nitrogens with two attached hydrogens (primary N) is 1. The van der Waals surface area contributed by atoms with Gasteiger partial charge in [0.05, 0.1) is 22.7 Å². The van der Waals surface area contributed by atoms with Crippen LogP contribution in [0.1, 0.15) is 0 Å². The lowest BCUT2D eigenvalue weighted by Crippen LogP contribution is -2.23. The van der Waals surface area contributed by atoms with Crippen molar-refractivity contribution in [3.63, 3.8) is 0 Å². The molecule has 0 aliphatic heterocycles. The molecule has 0 aliphatic rings. The summed E-state index contributed by atoms with van der Waals surface area (Å²) in [5.74, 6) is 0.698. The molecule has 3 aromatic heterocycles. The Kier molecular flexibility index (Phi) is 3.85. The molecule has 0 fully saturated rings. The largest absolute Gasteiger partial charge is 0.384 e. The minimum atomic E-state index is 0.233. The Morgan fingerprint density at radius 1 is 1.00 bits per heavy atom. The molecule has 2 aromatic carbocycles. The number of rotatable bonds is 2. The molecule has 3 N–H and O–H groups in total. The zero-order valence-electron chi connectivity index (χ0n) is 15.5. The van der Waals surface area contributed by atoms with Gasteiger partial charge >= 0.3 is 0 Å². The number of fused-ring (bicyclic) bond motifs is 3. The first-order valence-electron chi connectivity index (χ1n) is 8.92. The van der Waals surface area contributed by atoms with Gasteiger partial charge in [-0.3, -0.25) is 10.4 Å². The highest BCUT2D eigenvalue weighted by Crippen LogP contribution is 2.29. The van der Waals surface area contributed by atoms with E-state index in [4.69, 9.17) is 22.7 Å². The molecule has 0 spiro atoms. The molecule has 0 saturated carbocycles. The highest BCUT2D eigenvalue weighted by molar-refractivity contribution is 6.30. The zero-order valence-corrected chi connectivity index (χ0v) is 16.2. The van der Waals surface area contributed by atoms with Crippen molar-refractivity contribution in [1.29, 1.82) is 5.41 Å². The van der Waals surface area contributed by atoms with Crippen LogP contribution < -0.4 is 11.4 Å². The van der Waals surface area contributed by atoms with Crippen molar-refractivity contribution in [2.75, 3.05) is 5.73 Å². The molecule has 0 unspecified atom stereocenters. The van der Waals surface area contributed by atoms with Crippen LogP contribution in [0.2, 0.25) is 5.02 Å². The van der Waals surface area contributed by atoms with Gasteiger partial charge in [-0.1, -0.05) is 29.8 Å². The van der Waals surface area contributed by atoms with Crippen LogP contribution in [0, 0.1) is 5.41 Å². The maximum absolute atomic E-state index is 8.61. The average molecular weight is 402 g/mol. The normalized spacial score (nSPS) is 11.4. The minimum Gasteiger partial charge on any atom is -0.384 e. The van der Waals surface area contributed by atoms with E-state index in [1.807, 2.05) is 43.4 Å². The molecule has 0 bridgehead atoms. The third kappa shape index (κ3) is 2.75. The maximum atomic E-state index is 8.61. The Morgan fingerprint density at radius 3 is 2.52 bits per heavy atom. The number of anilines is 1. The van der Waals surface area contributed by atoms with Crippen LogP contribution in [0.15, 0.2) is 60.9 Å². The summed E-state index contributed by atoms with van der Waals surface area (Å²) in [6.45, 7) is 0. The van der Waals surface area contributed by atoms with Crippen molar-refractivity contribution in [1.82, 2.24) is 24.1 Å². The fourth-order valence-corrected chi connectivity index (χ4v) is 3.63. The summed E-state index contributed by atoms with van der Waals surface area (Å²) < 4.78 is 3.45. The van der Waals surface area contributed by atoms with Gasteiger partial charge in [-0.25, -0.2) is 9.55 Å². The highest BCUT2D eigenvalue weighted by Gasteiger charge is 2.16. The van der Waals surface area contributed by atoms with E-state index in [1.54, 1.807) is 27.6 Å². The van der Waals surface area contributed by atoms with Crippen LogP contribution in [0.4, 0.5) is 5.82 Å². The first-order chi connectivity index (χ1) is 14.0. The topological polar surface area (TPSA) is 98.4 Å². The van der Waals surface area contributed by atoms with Crippen LogP contribution in [0.5, 0.6) is 0 Å². The lowest BCUT2D eigenvalue weighted by atomic mass is 10.0. The summed E-state index contributed by atoms with van der Waals surface area (Å²) in [6.07, 6.45) is 3.35. The molecule has 0 radical (unpaired) electrons. The quantitative estimate of drug-likeness (QED) is 0.471. The summed E-state index contributed by atoms with van der Waals surface area (Å²) in [5, 5.41) is 10.2. The van der Waals surface area contributed by atoms with Gasteiger partial charge in [0.1, 0.15) is 5.82 Å². The summed E-state index contributed by atoms with van der Waals surface area (Å²) in [4.78, 5) is 13.2. The standard InChI is InChI=1S/C21H16ClN7/c1-28-17-11-26-16-7-4-13(12-2-5-14(22)6-3-12)10-15(16)19(17)29(20(28)24)21-25-9-8-18(23)27-21/h2-11,24H,1H3,(H2,23,25,27). The third-order valence-corrected chi connectivity index (χ3v) is 5.23. The van der Waals surface area contributed by atoms with E-state index >= 15 is 0 Å². The predicted molar refractivity (Wildman–Crippen MR) is 114 cm³/mol. The van der Waals surface area contributed by atoms with E-state index in [2.05, 4.69) is 21.0 Å². The Morgan fingerprint density at radius 2 is 1.76 bits per heavy atom. The highest BCUT2D eigenvalue weighted by atomic mass is 35.5. The van der Waals surface area contributed by atoms with Crippen molar-refractivity contribution in [3.8, 4) is 17.1 Å². The van der Waals surface area contributed by atoms with E-state index in [0.29, 0.717) is 16.8 Å². The summed E-state index contributed by atoms with van der Waals surface area (Å²) in [6, 6.07) is 15.4. The fraction of sp³-hybridized carbons (Fsp3) is 0.0476. The molecule has 0 saturated heterocycles. The Bertz CT molecular complexity index is 1450. The Hall–Kier alpha value is -3.71. The van der Waals surface area contributed by atoms with Crippen LogP contribution in [-0.2, 0) is 7.05 Å². The number of nitrogens with zero attached hydrogens (tertiary/aromatic N) is 5. The predicted octanol–water partition coefficient (Wildman–Crippen LogP) is 3.69. The first kappa shape index (κ1) is 17.4. The number of hydrogen-bond acceptors (Lipinski definition) is 5. The van der Waals surface area contributed by atoms with E-state index < -0.39 is 0 Å². The van der Waals surface area contributed by atoms with Crippen molar-refractivity contribution in [3.05, 3.63) is 71.6 Å². The monoisotopic (exact) mass is 401 g/mol. The molecular weight excluding hydrogens is 386 g/mol. The molecule has 142 valence electrons. The van der Waals surface area contributed by atoms with Crippen molar-refractivity contribution in [2.24, 2.45) is 7.05 Å². The molecule has 7 nitrogen and oxygen atoms in total. The number of halogens is 1. The average Bonchev–Trinajstić information content (AvgIpc) is 2.99. The van der Waals surface area contributed by atoms with Crippen LogP contribution >= 0.6 is 11.6 Å². The summed E-state index contributed by atoms with van der Waals surface area (Å²) >= 11 is 6.03. The molecule has 29 heavy (non-hydrogen) atoms. The van der Waals surface area contributed by atoms with E-state index in [1.165, 1.54) is 0 Å². The third-order valence-electron chi connectivity index (χ3n) is 4.98. The lowest BCUT2D eigenvalue weighted by Gasteiger charge is -2.08. The molecule has 3 heterocycles. The molecule has 0 aliphatic carbocycles. The second-order valence-corrected chi connectivity index (χ2v) is 7.17. The van der Waals surface area contributed by atoms with E-state index in [0.717, 1.165) is 33.1 Å². The van der Waals surface area contributed by atoms with Gasteiger partial charge in [0.2, 0.25) is 11.6 Å². The molecule has 5 rings (SSSR count). The number of nitrogens with one attached hydrogen (secondary N) is 1. The van der Waals surface area contributed by atoms with Crippen molar-refractivity contribution >= 4 is 39.4 Å². The van der Waals surface area contributed by atoms with Gasteiger partial charge in [-0.2, -0.15) is 4.98 Å². The summed E-state index contributed by atoms with van der Waals surface area (Å²) in [5.41, 5.74) is 10.6. The summed E-state index contributed by atoms with van der Waals surface area (Å²) in [7, 11) is 1.82. The number of hydrogen-bond donors (Lipinski definition) is 2. The van der Waals surface area contributed by atoms with Gasteiger partial charge < -0.3 is 10.3 Å². The second-order valence-electron chi connectivity index (χ2n) is 6.73. The Balaban J connectivity index is 1.88. The van der Waals surface area contributed by atoms with Gasteiger partial charge in [0, 0.05) is 23.7 Å². The van der Waals surface area contributed by atoms with Gasteiger partial charge in [0.25, 0.3) is 0 Å². The Labute approximate surface area is 170 Å². The SMILES string of the molecule is Cn1c(=N)n(-c2nccc(N)n2)c2c3cc(-c4ccc(Cl)cc4)ccc3ncc21. The lowest BCUT2D eigenvalue weighted by molar-refractivity contribution is 0.765. The van der Waals surface area contributed by atoms with Crippen LogP contribution in [0.25, 0.3) is 39.0 Å². The number of benzene rings is 2. The number of aryl methyl sites for hydroxylation is 1. The minimum absolute atomic E-state index is 0.233. The molecule has 5 aromatic rings. The zero-order chi connectivity index (χ0) is 20.1. The van der Waals surface area contributed by atoms with Gasteiger partial charge in [0.15, 0.2) is 0 Å². The van der Waals surface area contributed by atoms with E-state index in [9.17, 15) is 0 Å². The molecular formula is C21H16ClN7. The van der Waals surface area contributed by atoms with Crippen LogP contribution in [0.3, 0.4) is 0 Å². The van der Waals surface area contributed by atoms with Gasteiger partial charge in [-0.05, 0) is 41.5 Å². The number of imidazole rings is 1. The van der Waals surface area contributed by atoms with E-state index in [-0.39, 0.29) is 5.62 Å². The molecule has 0 amide bonds. The number of aromatic nitrogens is 5. The van der Waals surface area contributed by atoms with Crippen LogP contribution in [-0.4, -0.2) is 24.1 Å². The molecule has 0 atom stereocenters. The second kappa shape index (κ2) is 6.42. The van der Waals surface area contributed by atoms with Crippen molar-refractivity contribution < 1.29 is 0 Å². The first-order valence-corrected chi connectivity index (χ1v) is 9.30. The molecule has 8 heteroatoms. The fourth-order valence-electron chi connectivity index (χ4n) is 3.50. The van der Waals surface area contributed by atoms with Gasteiger partial charge in [-0.15, -0.1) is 0 Å². The number of nitrogen functional groups attached to an aromatic ring is 1.